The molecule has 0 radical (unpaired) electrons. The fraction of sp³-hybridized carbons (Fsp3) is 0.381. The molecule has 3 aromatic heterocycles. The van der Waals surface area contributed by atoms with Crippen LogP contribution >= 0.6 is 0 Å². The first kappa shape index (κ1) is 17.7. The predicted octanol–water partition coefficient (Wildman–Crippen LogP) is 2.44. The van der Waals surface area contributed by atoms with Crippen molar-refractivity contribution in [3.63, 3.8) is 0 Å². The van der Waals surface area contributed by atoms with Gasteiger partial charge in [0.05, 0.1) is 24.4 Å². The molecule has 6 nitrogen and oxygen atoms in total. The van der Waals surface area contributed by atoms with Gasteiger partial charge >= 0.3 is 0 Å². The third-order valence-electron chi connectivity index (χ3n) is 5.11. The second-order valence-electron chi connectivity index (χ2n) is 7.05. The van der Waals surface area contributed by atoms with Crippen molar-refractivity contribution in [3.8, 4) is 0 Å². The average Bonchev–Trinajstić information content (AvgIpc) is 2.91. The molecule has 4 heterocycles. The summed E-state index contributed by atoms with van der Waals surface area (Å²) in [6, 6.07) is 12.0. The molecule has 0 spiro atoms. The van der Waals surface area contributed by atoms with Gasteiger partial charge < -0.3 is 14.6 Å². The van der Waals surface area contributed by atoms with Crippen LogP contribution in [-0.4, -0.2) is 44.3 Å². The maximum absolute atomic E-state index is 13.2. The van der Waals surface area contributed by atoms with Gasteiger partial charge in [-0.15, -0.1) is 0 Å². The van der Waals surface area contributed by atoms with Gasteiger partial charge in [-0.25, -0.2) is 4.98 Å². The SMILES string of the molecule is O=C(Cc1cn2ccccc2n1)N(Cc1ccccn1)C1CCCNCC1. The predicted molar refractivity (Wildman–Crippen MR) is 104 cm³/mol. The van der Waals surface area contributed by atoms with E-state index in [4.69, 9.17) is 0 Å². The summed E-state index contributed by atoms with van der Waals surface area (Å²) in [4.78, 5) is 24.3. The Morgan fingerprint density at radius 2 is 2.07 bits per heavy atom. The Labute approximate surface area is 159 Å². The van der Waals surface area contributed by atoms with Gasteiger partial charge in [-0.1, -0.05) is 12.1 Å². The first-order chi connectivity index (χ1) is 13.3. The summed E-state index contributed by atoms with van der Waals surface area (Å²) in [5.41, 5.74) is 2.61. The lowest BCUT2D eigenvalue weighted by Crippen LogP contribution is -2.41. The van der Waals surface area contributed by atoms with Crippen molar-refractivity contribution >= 4 is 11.6 Å². The van der Waals surface area contributed by atoms with Crippen LogP contribution in [0.15, 0.2) is 55.0 Å². The van der Waals surface area contributed by atoms with Crippen LogP contribution in [0.5, 0.6) is 0 Å². The number of nitrogens with one attached hydrogen (secondary N) is 1. The Hall–Kier alpha value is -2.73. The molecular weight excluding hydrogens is 338 g/mol. The van der Waals surface area contributed by atoms with Crippen LogP contribution < -0.4 is 5.32 Å². The van der Waals surface area contributed by atoms with E-state index >= 15 is 0 Å². The van der Waals surface area contributed by atoms with Gasteiger partial charge in [0.2, 0.25) is 5.91 Å². The highest BCUT2D eigenvalue weighted by Crippen LogP contribution is 2.18. The number of carbonyl (C=O) groups is 1. The molecule has 1 atom stereocenters. The maximum atomic E-state index is 13.2. The van der Waals surface area contributed by atoms with Crippen molar-refractivity contribution in [2.75, 3.05) is 13.1 Å². The molecule has 0 aromatic carbocycles. The molecule has 140 valence electrons. The number of amides is 1. The Morgan fingerprint density at radius 3 is 2.93 bits per heavy atom. The Kier molecular flexibility index (Phi) is 5.44. The van der Waals surface area contributed by atoms with Crippen LogP contribution in [0.1, 0.15) is 30.7 Å². The van der Waals surface area contributed by atoms with Crippen molar-refractivity contribution in [2.45, 2.75) is 38.3 Å². The molecule has 1 unspecified atom stereocenters. The quantitative estimate of drug-likeness (QED) is 0.756. The van der Waals surface area contributed by atoms with Crippen molar-refractivity contribution in [3.05, 3.63) is 66.4 Å². The van der Waals surface area contributed by atoms with E-state index in [-0.39, 0.29) is 11.9 Å². The van der Waals surface area contributed by atoms with Crippen molar-refractivity contribution in [1.82, 2.24) is 24.6 Å². The van der Waals surface area contributed by atoms with Gasteiger partial charge in [-0.3, -0.25) is 9.78 Å². The number of carbonyl (C=O) groups excluding carboxylic acids is 1. The fourth-order valence-corrected chi connectivity index (χ4v) is 3.73. The number of nitrogens with zero attached hydrogens (tertiary/aromatic N) is 4. The van der Waals surface area contributed by atoms with Crippen molar-refractivity contribution in [2.24, 2.45) is 0 Å². The number of pyridine rings is 2. The number of fused-ring (bicyclic) bond motifs is 1. The molecule has 1 aliphatic rings. The highest BCUT2D eigenvalue weighted by Gasteiger charge is 2.25. The van der Waals surface area contributed by atoms with E-state index < -0.39 is 0 Å². The number of aromatic nitrogens is 3. The van der Waals surface area contributed by atoms with Gasteiger partial charge in [0, 0.05) is 24.6 Å². The largest absolute Gasteiger partial charge is 0.333 e. The lowest BCUT2D eigenvalue weighted by atomic mass is 10.1. The average molecular weight is 363 g/mol. The minimum atomic E-state index is 0.121. The summed E-state index contributed by atoms with van der Waals surface area (Å²) < 4.78 is 1.96. The Bertz CT molecular complexity index is 851. The van der Waals surface area contributed by atoms with Crippen LogP contribution in [-0.2, 0) is 17.8 Å². The first-order valence-electron chi connectivity index (χ1n) is 9.62. The van der Waals surface area contributed by atoms with E-state index in [0.29, 0.717) is 13.0 Å². The zero-order valence-corrected chi connectivity index (χ0v) is 15.4. The summed E-state index contributed by atoms with van der Waals surface area (Å²) in [5.74, 6) is 0.121. The summed E-state index contributed by atoms with van der Waals surface area (Å²) >= 11 is 0. The summed E-state index contributed by atoms with van der Waals surface area (Å²) in [7, 11) is 0. The molecule has 1 aliphatic heterocycles. The lowest BCUT2D eigenvalue weighted by molar-refractivity contribution is -0.133. The van der Waals surface area contributed by atoms with E-state index in [2.05, 4.69) is 15.3 Å². The van der Waals surface area contributed by atoms with Crippen LogP contribution in [0.4, 0.5) is 0 Å². The molecular formula is C21H25N5O. The van der Waals surface area contributed by atoms with Gasteiger partial charge in [-0.05, 0) is 56.6 Å². The van der Waals surface area contributed by atoms with Gasteiger partial charge in [0.25, 0.3) is 0 Å². The molecule has 4 rings (SSSR count). The van der Waals surface area contributed by atoms with Gasteiger partial charge in [0.1, 0.15) is 5.65 Å². The second kappa shape index (κ2) is 8.31. The zero-order valence-electron chi connectivity index (χ0n) is 15.4. The fourth-order valence-electron chi connectivity index (χ4n) is 3.73. The normalized spacial score (nSPS) is 17.6. The van der Waals surface area contributed by atoms with Crippen LogP contribution in [0.25, 0.3) is 5.65 Å². The molecule has 27 heavy (non-hydrogen) atoms. The Morgan fingerprint density at radius 1 is 1.15 bits per heavy atom. The molecule has 6 heteroatoms. The number of hydrogen-bond donors (Lipinski definition) is 1. The second-order valence-corrected chi connectivity index (χ2v) is 7.05. The van der Waals surface area contributed by atoms with Crippen molar-refractivity contribution in [1.29, 1.82) is 0 Å². The van der Waals surface area contributed by atoms with Gasteiger partial charge in [-0.2, -0.15) is 0 Å². The number of imidazole rings is 1. The monoisotopic (exact) mass is 363 g/mol. The number of rotatable bonds is 5. The summed E-state index contributed by atoms with van der Waals surface area (Å²) in [5, 5.41) is 3.43. The summed E-state index contributed by atoms with van der Waals surface area (Å²) in [6.45, 7) is 2.53. The van der Waals surface area contributed by atoms with Crippen LogP contribution in [0, 0.1) is 0 Å². The third-order valence-corrected chi connectivity index (χ3v) is 5.11. The van der Waals surface area contributed by atoms with Crippen LogP contribution in [0.2, 0.25) is 0 Å². The minimum absolute atomic E-state index is 0.121. The highest BCUT2D eigenvalue weighted by atomic mass is 16.2. The van der Waals surface area contributed by atoms with E-state index in [1.54, 1.807) is 6.20 Å². The molecule has 1 N–H and O–H groups in total. The maximum Gasteiger partial charge on any atom is 0.229 e. The Balaban J connectivity index is 1.55. The molecule has 0 bridgehead atoms. The lowest BCUT2D eigenvalue weighted by Gasteiger charge is -2.31. The zero-order chi connectivity index (χ0) is 18.5. The molecule has 1 fully saturated rings. The summed E-state index contributed by atoms with van der Waals surface area (Å²) in [6.07, 6.45) is 9.10. The topological polar surface area (TPSA) is 62.5 Å². The van der Waals surface area contributed by atoms with E-state index in [9.17, 15) is 4.79 Å². The first-order valence-corrected chi connectivity index (χ1v) is 9.62. The van der Waals surface area contributed by atoms with Gasteiger partial charge in [0.15, 0.2) is 0 Å². The third kappa shape index (κ3) is 4.34. The highest BCUT2D eigenvalue weighted by molar-refractivity contribution is 5.78. The molecule has 3 aromatic rings. The standard InChI is InChI=1S/C21H25N5O/c27-21(14-18-15-25-13-4-2-8-20(25)24-18)26(16-17-6-1-3-11-23-17)19-7-5-10-22-12-9-19/h1-4,6,8,11,13,15,19,22H,5,7,9-10,12,14,16H2. The van der Waals surface area contributed by atoms with E-state index in [1.807, 2.05) is 58.1 Å². The molecule has 0 saturated carbocycles. The van der Waals surface area contributed by atoms with Crippen molar-refractivity contribution < 1.29 is 4.79 Å². The molecule has 1 amide bonds. The molecule has 0 aliphatic carbocycles. The van der Waals surface area contributed by atoms with E-state index in [1.165, 1.54) is 0 Å². The number of hydrogen-bond acceptors (Lipinski definition) is 4. The molecule has 1 saturated heterocycles. The van der Waals surface area contributed by atoms with Crippen LogP contribution in [0.3, 0.4) is 0 Å². The smallest absolute Gasteiger partial charge is 0.229 e. The van der Waals surface area contributed by atoms with E-state index in [0.717, 1.165) is 49.4 Å². The minimum Gasteiger partial charge on any atom is -0.333 e.